The Morgan fingerprint density at radius 3 is 1.80 bits per heavy atom. The van der Waals surface area contributed by atoms with Gasteiger partial charge in [-0.1, -0.05) is 12.2 Å². The van der Waals surface area contributed by atoms with E-state index in [2.05, 4.69) is 0 Å². The predicted molar refractivity (Wildman–Crippen MR) is 21.7 cm³/mol. The minimum Gasteiger partial charge on any atom is -0.0702 e. The molecule has 0 atom stereocenters. The van der Waals surface area contributed by atoms with Crippen LogP contribution in [-0.2, 0) is 0 Å². The maximum Gasteiger partial charge on any atom is -0.0314 e. The molecule has 0 heteroatoms. The molecule has 1 aliphatic rings. The van der Waals surface area contributed by atoms with Gasteiger partial charge >= 0.3 is 0 Å². The molecular weight excluding hydrogens is 60.1 g/mol. The van der Waals surface area contributed by atoms with Crippen molar-refractivity contribution >= 4 is 0 Å². The zero-order valence-corrected chi connectivity index (χ0v) is 3.20. The summed E-state index contributed by atoms with van der Waals surface area (Å²) in [4.78, 5) is 0. The van der Waals surface area contributed by atoms with E-state index in [1.54, 1.807) is 0 Å². The smallest absolute Gasteiger partial charge is 0.0314 e. The molecule has 0 spiro atoms. The summed E-state index contributed by atoms with van der Waals surface area (Å²) < 4.78 is 0. The fraction of sp³-hybridized carbons (Fsp3) is 0.600. The molecule has 0 bridgehead atoms. The monoisotopic (exact) mass is 67.1 g/mol. The van der Waals surface area contributed by atoms with E-state index >= 15 is 0 Å². The molecule has 0 amide bonds. The van der Waals surface area contributed by atoms with Crippen LogP contribution in [0.3, 0.4) is 0 Å². The highest BCUT2D eigenvalue weighted by atomic mass is 14.1. The summed E-state index contributed by atoms with van der Waals surface area (Å²) >= 11 is 0. The van der Waals surface area contributed by atoms with Gasteiger partial charge in [-0.15, -0.1) is 0 Å². The largest absolute Gasteiger partial charge is 0.0702 e. The van der Waals surface area contributed by atoms with Crippen molar-refractivity contribution in [3.63, 3.8) is 0 Å². The first kappa shape index (κ1) is 2.95. The van der Waals surface area contributed by atoms with Crippen LogP contribution < -0.4 is 0 Å². The molecule has 0 aromatic heterocycles. The fourth-order valence-electron chi connectivity index (χ4n) is 0.381. The Morgan fingerprint density at radius 1 is 1.40 bits per heavy atom. The first-order valence-corrected chi connectivity index (χ1v) is 2.00. The molecule has 1 saturated carbocycles. The van der Waals surface area contributed by atoms with Crippen molar-refractivity contribution in [1.29, 1.82) is 0 Å². The third-order valence-corrected chi connectivity index (χ3v) is 0.996. The molecule has 1 fully saturated rings. The lowest BCUT2D eigenvalue weighted by Gasteiger charge is -2.11. The van der Waals surface area contributed by atoms with Crippen LogP contribution in [0.5, 0.6) is 0 Å². The summed E-state index contributed by atoms with van der Waals surface area (Å²) in [5.41, 5.74) is 1.19. The van der Waals surface area contributed by atoms with Crippen molar-refractivity contribution in [2.75, 3.05) is 0 Å². The Morgan fingerprint density at radius 2 is 1.80 bits per heavy atom. The Labute approximate surface area is 32.5 Å². The van der Waals surface area contributed by atoms with Gasteiger partial charge in [0.05, 0.1) is 0 Å². The van der Waals surface area contributed by atoms with Gasteiger partial charge < -0.3 is 0 Å². The van der Waals surface area contributed by atoms with Crippen LogP contribution in [0.25, 0.3) is 0 Å². The van der Waals surface area contributed by atoms with E-state index < -0.39 is 0 Å². The van der Waals surface area contributed by atoms with Gasteiger partial charge in [0, 0.05) is 0 Å². The standard InChI is InChI=1S/C5H7/c1-5-3-2-4-5/h1H,2-4H2. The summed E-state index contributed by atoms with van der Waals surface area (Å²) in [6.45, 7) is 5.30. The highest BCUT2D eigenvalue weighted by Gasteiger charge is 2.02. The van der Waals surface area contributed by atoms with Gasteiger partial charge in [-0.2, -0.15) is 0 Å². The van der Waals surface area contributed by atoms with E-state index in [1.807, 2.05) is 0 Å². The van der Waals surface area contributed by atoms with E-state index in [-0.39, 0.29) is 0 Å². The first-order valence-electron chi connectivity index (χ1n) is 2.00. The summed E-state index contributed by atoms with van der Waals surface area (Å²) in [7, 11) is 0. The van der Waals surface area contributed by atoms with Crippen LogP contribution in [0, 0.1) is 6.58 Å². The number of rotatable bonds is 0. The second-order valence-corrected chi connectivity index (χ2v) is 1.51. The van der Waals surface area contributed by atoms with Gasteiger partial charge in [-0.25, -0.2) is 0 Å². The van der Waals surface area contributed by atoms with E-state index in [1.165, 1.54) is 24.8 Å². The molecule has 0 unspecified atom stereocenters. The Balaban J connectivity index is 2.32. The molecule has 0 aromatic carbocycles. The normalized spacial score (nSPS) is 22.0. The molecule has 0 saturated heterocycles. The van der Waals surface area contributed by atoms with E-state index in [0.717, 1.165) is 0 Å². The minimum absolute atomic E-state index is 1.18. The van der Waals surface area contributed by atoms with Crippen molar-refractivity contribution < 1.29 is 0 Å². The molecule has 1 aliphatic carbocycles. The average Bonchev–Trinajstić information content (AvgIpc) is 1.30. The van der Waals surface area contributed by atoms with Crippen LogP contribution in [0.15, 0.2) is 5.57 Å². The SMILES string of the molecule is [CH]=C1CCC1. The number of hydrogen-bond acceptors (Lipinski definition) is 0. The topological polar surface area (TPSA) is 0 Å². The van der Waals surface area contributed by atoms with Crippen molar-refractivity contribution in [3.05, 3.63) is 12.2 Å². The zero-order chi connectivity index (χ0) is 3.70. The third kappa shape index (κ3) is 0.344. The van der Waals surface area contributed by atoms with Gasteiger partial charge in [0.2, 0.25) is 0 Å². The van der Waals surface area contributed by atoms with Crippen molar-refractivity contribution in [1.82, 2.24) is 0 Å². The first-order chi connectivity index (χ1) is 2.39. The maximum absolute atomic E-state index is 5.30. The number of allylic oxidation sites excluding steroid dienone is 1. The Bertz CT molecular complexity index is 47.1. The van der Waals surface area contributed by atoms with Gasteiger partial charge in [0.1, 0.15) is 0 Å². The van der Waals surface area contributed by atoms with Gasteiger partial charge in [-0.3, -0.25) is 0 Å². The molecule has 0 nitrogen and oxygen atoms in total. The van der Waals surface area contributed by atoms with Crippen molar-refractivity contribution in [2.45, 2.75) is 19.3 Å². The van der Waals surface area contributed by atoms with Gasteiger partial charge in [-0.05, 0) is 19.3 Å². The molecule has 1 rings (SSSR count). The average molecular weight is 67.1 g/mol. The molecule has 27 valence electrons. The summed E-state index contributed by atoms with van der Waals surface area (Å²) in [6, 6.07) is 0. The van der Waals surface area contributed by atoms with Crippen molar-refractivity contribution in [3.8, 4) is 0 Å². The Hall–Kier alpha value is -0.260. The lowest BCUT2D eigenvalue weighted by molar-refractivity contribution is 0.664. The number of hydrogen-bond donors (Lipinski definition) is 0. The fourth-order valence-corrected chi connectivity index (χ4v) is 0.381. The molecule has 1 radical (unpaired) electrons. The minimum atomic E-state index is 1.18. The summed E-state index contributed by atoms with van der Waals surface area (Å²) in [5.74, 6) is 0. The molecule has 0 heterocycles. The lowest BCUT2D eigenvalue weighted by atomic mass is 9.95. The quantitative estimate of drug-likeness (QED) is 0.403. The summed E-state index contributed by atoms with van der Waals surface area (Å²) in [5, 5.41) is 0. The van der Waals surface area contributed by atoms with Crippen molar-refractivity contribution in [2.24, 2.45) is 0 Å². The van der Waals surface area contributed by atoms with Crippen LogP contribution in [0.1, 0.15) is 19.3 Å². The van der Waals surface area contributed by atoms with E-state index in [0.29, 0.717) is 0 Å². The predicted octanol–water partition coefficient (Wildman–Crippen LogP) is 1.53. The lowest BCUT2D eigenvalue weighted by Crippen LogP contribution is -1.92. The molecular formula is C5H7. The Kier molecular flexibility index (Phi) is 0.503. The van der Waals surface area contributed by atoms with E-state index in [4.69, 9.17) is 6.58 Å². The van der Waals surface area contributed by atoms with Crippen LogP contribution in [0.2, 0.25) is 0 Å². The van der Waals surface area contributed by atoms with E-state index in [9.17, 15) is 0 Å². The van der Waals surface area contributed by atoms with Crippen LogP contribution >= 0.6 is 0 Å². The third-order valence-electron chi connectivity index (χ3n) is 0.996. The van der Waals surface area contributed by atoms with Crippen LogP contribution in [0.4, 0.5) is 0 Å². The molecule has 0 aromatic rings. The second-order valence-electron chi connectivity index (χ2n) is 1.51. The summed E-state index contributed by atoms with van der Waals surface area (Å²) in [6.07, 6.45) is 3.69. The molecule has 5 heavy (non-hydrogen) atoms. The molecule has 0 N–H and O–H groups in total. The van der Waals surface area contributed by atoms with Gasteiger partial charge in [0.15, 0.2) is 0 Å². The maximum atomic E-state index is 5.30. The second kappa shape index (κ2) is 0.852. The highest BCUT2D eigenvalue weighted by Crippen LogP contribution is 2.21. The molecule has 0 aliphatic heterocycles. The van der Waals surface area contributed by atoms with Gasteiger partial charge in [0.25, 0.3) is 0 Å². The zero-order valence-electron chi connectivity index (χ0n) is 3.20. The highest BCUT2D eigenvalue weighted by molar-refractivity contribution is 4.99. The van der Waals surface area contributed by atoms with Crippen LogP contribution in [-0.4, -0.2) is 0 Å².